The summed E-state index contributed by atoms with van der Waals surface area (Å²) in [6.07, 6.45) is 0. The predicted octanol–water partition coefficient (Wildman–Crippen LogP) is 3.97. The lowest BCUT2D eigenvalue weighted by Gasteiger charge is -2.10. The van der Waals surface area contributed by atoms with Crippen molar-refractivity contribution in [2.75, 3.05) is 5.73 Å². The first-order chi connectivity index (χ1) is 7.97. The number of hydrogen-bond acceptors (Lipinski definition) is 3. The highest BCUT2D eigenvalue weighted by Gasteiger charge is 2.31. The Morgan fingerprint density at radius 3 is 2.47 bits per heavy atom. The van der Waals surface area contributed by atoms with Crippen LogP contribution in [0.4, 0.5) is 18.9 Å². The van der Waals surface area contributed by atoms with E-state index in [1.54, 1.807) is 18.2 Å². The summed E-state index contributed by atoms with van der Waals surface area (Å²) in [5.74, 6) is 0.0195. The second kappa shape index (κ2) is 4.37. The summed E-state index contributed by atoms with van der Waals surface area (Å²) < 4.78 is 40.5. The molecule has 0 fully saturated rings. The average Bonchev–Trinajstić information content (AvgIpc) is 2.27. The molecule has 0 heterocycles. The van der Waals surface area contributed by atoms with Gasteiger partial charge in [0.15, 0.2) is 17.8 Å². The van der Waals surface area contributed by atoms with Gasteiger partial charge in [0, 0.05) is 5.39 Å². The molecule has 0 atom stereocenters. The minimum atomic E-state index is -4.45. The van der Waals surface area contributed by atoms with Crippen LogP contribution in [0.5, 0.6) is 5.75 Å². The van der Waals surface area contributed by atoms with Gasteiger partial charge in [-0.3, -0.25) is 0 Å². The maximum Gasteiger partial charge on any atom is 0.479 e. The molecule has 0 saturated heterocycles. The first-order valence-corrected chi connectivity index (χ1v) is 5.41. The van der Waals surface area contributed by atoms with Gasteiger partial charge in [-0.1, -0.05) is 30.3 Å². The molecule has 0 aliphatic carbocycles. The normalized spacial score (nSPS) is 11.7. The Labute approximate surface area is 99.8 Å². The quantitative estimate of drug-likeness (QED) is 0.654. The first-order valence-electron chi connectivity index (χ1n) is 4.67. The number of anilines is 1. The highest BCUT2D eigenvalue weighted by Crippen LogP contribution is 2.37. The lowest BCUT2D eigenvalue weighted by Crippen LogP contribution is -2.03. The molecular formula is C11H8F3NOS. The maximum absolute atomic E-state index is 12.0. The second-order valence-corrected chi connectivity index (χ2v) is 4.11. The minimum absolute atomic E-state index is 0.0195. The molecule has 2 aromatic rings. The summed E-state index contributed by atoms with van der Waals surface area (Å²) >= 11 is -0.571. The van der Waals surface area contributed by atoms with Gasteiger partial charge >= 0.3 is 5.51 Å². The van der Waals surface area contributed by atoms with Crippen molar-refractivity contribution in [2.24, 2.45) is 0 Å². The predicted molar refractivity (Wildman–Crippen MR) is 62.6 cm³/mol. The minimum Gasteiger partial charge on any atom is -0.415 e. The summed E-state index contributed by atoms with van der Waals surface area (Å²) in [7, 11) is 0. The molecule has 2 nitrogen and oxygen atoms in total. The van der Waals surface area contributed by atoms with Crippen LogP contribution >= 0.6 is 12.0 Å². The number of nitrogen functional groups attached to an aromatic ring is 1. The lowest BCUT2D eigenvalue weighted by atomic mass is 10.1. The van der Waals surface area contributed by atoms with Crippen LogP contribution < -0.4 is 9.92 Å². The maximum atomic E-state index is 12.0. The highest BCUT2D eigenvalue weighted by molar-refractivity contribution is 7.95. The molecule has 0 unspecified atom stereocenters. The van der Waals surface area contributed by atoms with Crippen molar-refractivity contribution in [3.63, 3.8) is 0 Å². The summed E-state index contributed by atoms with van der Waals surface area (Å²) in [5.41, 5.74) is 1.50. The van der Waals surface area contributed by atoms with Crippen LogP contribution in [-0.2, 0) is 0 Å². The summed E-state index contributed by atoms with van der Waals surface area (Å²) in [6, 6.07) is 10.2. The van der Waals surface area contributed by atoms with E-state index in [-0.39, 0.29) is 11.4 Å². The Morgan fingerprint density at radius 2 is 1.76 bits per heavy atom. The number of fused-ring (bicyclic) bond motifs is 1. The molecule has 0 bridgehead atoms. The fraction of sp³-hybridized carbons (Fsp3) is 0.0909. The molecule has 6 heteroatoms. The Hall–Kier alpha value is -1.56. The summed E-state index contributed by atoms with van der Waals surface area (Å²) in [6.45, 7) is 0. The number of benzene rings is 2. The summed E-state index contributed by atoms with van der Waals surface area (Å²) in [4.78, 5) is 0. The van der Waals surface area contributed by atoms with Crippen LogP contribution in [0.3, 0.4) is 0 Å². The molecule has 0 saturated carbocycles. The van der Waals surface area contributed by atoms with Gasteiger partial charge in [-0.15, -0.1) is 0 Å². The molecule has 2 aromatic carbocycles. The third kappa shape index (κ3) is 2.76. The Balaban J connectivity index is 2.33. The zero-order valence-corrected chi connectivity index (χ0v) is 9.31. The first kappa shape index (κ1) is 11.9. The van der Waals surface area contributed by atoms with Crippen molar-refractivity contribution in [1.29, 1.82) is 0 Å². The van der Waals surface area contributed by atoms with E-state index in [4.69, 9.17) is 5.73 Å². The van der Waals surface area contributed by atoms with Crippen LogP contribution in [0, 0.1) is 0 Å². The largest absolute Gasteiger partial charge is 0.479 e. The topological polar surface area (TPSA) is 35.2 Å². The van der Waals surface area contributed by atoms with E-state index >= 15 is 0 Å². The average molecular weight is 259 g/mol. The molecule has 2 N–H and O–H groups in total. The van der Waals surface area contributed by atoms with Gasteiger partial charge in [0.1, 0.15) is 0 Å². The smallest absolute Gasteiger partial charge is 0.415 e. The van der Waals surface area contributed by atoms with Crippen LogP contribution in [0.1, 0.15) is 0 Å². The van der Waals surface area contributed by atoms with E-state index in [1.807, 2.05) is 12.1 Å². The Kier molecular flexibility index (Phi) is 3.06. The summed E-state index contributed by atoms with van der Waals surface area (Å²) in [5, 5.41) is 1.53. The number of hydrogen-bond donors (Lipinski definition) is 1. The van der Waals surface area contributed by atoms with Gasteiger partial charge in [-0.25, -0.2) is 0 Å². The number of halogens is 3. The van der Waals surface area contributed by atoms with Crippen molar-refractivity contribution in [2.45, 2.75) is 5.51 Å². The standard InChI is InChI=1S/C11H8F3NOS/c12-11(13,14)17-16-9-6-5-7-3-1-2-4-8(7)10(9)15/h1-6H,15H2. The van der Waals surface area contributed by atoms with Crippen molar-refractivity contribution in [1.82, 2.24) is 0 Å². The molecule has 0 aliphatic heterocycles. The van der Waals surface area contributed by atoms with Gasteiger partial charge < -0.3 is 9.92 Å². The molecule has 17 heavy (non-hydrogen) atoms. The molecular weight excluding hydrogens is 251 g/mol. The zero-order chi connectivity index (χ0) is 12.5. The van der Waals surface area contributed by atoms with Gasteiger partial charge in [-0.2, -0.15) is 13.2 Å². The van der Waals surface area contributed by atoms with Gasteiger partial charge in [0.2, 0.25) is 0 Å². The van der Waals surface area contributed by atoms with Gasteiger partial charge in [0.05, 0.1) is 5.69 Å². The monoisotopic (exact) mass is 259 g/mol. The van der Waals surface area contributed by atoms with E-state index in [9.17, 15) is 13.2 Å². The van der Waals surface area contributed by atoms with E-state index in [1.165, 1.54) is 6.07 Å². The van der Waals surface area contributed by atoms with Crippen LogP contribution in [0.15, 0.2) is 36.4 Å². The Bertz CT molecular complexity index is 542. The fourth-order valence-corrected chi connectivity index (χ4v) is 1.77. The van der Waals surface area contributed by atoms with Crippen molar-refractivity contribution in [3.05, 3.63) is 36.4 Å². The number of rotatable bonds is 2. The van der Waals surface area contributed by atoms with Crippen LogP contribution in [0.25, 0.3) is 10.8 Å². The van der Waals surface area contributed by atoms with Crippen molar-refractivity contribution < 1.29 is 17.4 Å². The van der Waals surface area contributed by atoms with E-state index in [0.717, 1.165) is 5.39 Å². The lowest BCUT2D eigenvalue weighted by molar-refractivity contribution is -0.0369. The van der Waals surface area contributed by atoms with E-state index < -0.39 is 17.6 Å². The molecule has 0 aliphatic rings. The molecule has 2 rings (SSSR count). The molecule has 0 radical (unpaired) electrons. The van der Waals surface area contributed by atoms with Gasteiger partial charge in [0.25, 0.3) is 0 Å². The second-order valence-electron chi connectivity index (χ2n) is 3.31. The number of nitrogens with two attached hydrogens (primary N) is 1. The third-order valence-electron chi connectivity index (χ3n) is 2.16. The van der Waals surface area contributed by atoms with E-state index in [0.29, 0.717) is 5.39 Å². The van der Waals surface area contributed by atoms with Crippen molar-refractivity contribution >= 4 is 28.5 Å². The van der Waals surface area contributed by atoms with Crippen LogP contribution in [0.2, 0.25) is 0 Å². The zero-order valence-electron chi connectivity index (χ0n) is 8.49. The molecule has 0 spiro atoms. The molecule has 0 amide bonds. The highest BCUT2D eigenvalue weighted by atomic mass is 32.2. The van der Waals surface area contributed by atoms with E-state index in [2.05, 4.69) is 4.18 Å². The molecule has 90 valence electrons. The third-order valence-corrected chi connectivity index (χ3v) is 2.61. The number of alkyl halides is 3. The fourth-order valence-electron chi connectivity index (χ4n) is 1.44. The molecule has 0 aromatic heterocycles. The van der Waals surface area contributed by atoms with Gasteiger partial charge in [-0.05, 0) is 11.5 Å². The van der Waals surface area contributed by atoms with Crippen molar-refractivity contribution in [3.8, 4) is 5.75 Å². The Morgan fingerprint density at radius 1 is 1.06 bits per heavy atom. The van der Waals surface area contributed by atoms with Crippen LogP contribution in [-0.4, -0.2) is 5.51 Å². The SMILES string of the molecule is Nc1c(OSC(F)(F)F)ccc2ccccc12.